The Morgan fingerprint density at radius 1 is 1.21 bits per heavy atom. The highest BCUT2D eigenvalue weighted by molar-refractivity contribution is 5.68. The van der Waals surface area contributed by atoms with Crippen molar-refractivity contribution in [3.8, 4) is 0 Å². The number of aromatic nitrogens is 2. The number of hydrogen-bond acceptors (Lipinski definition) is 11. The van der Waals surface area contributed by atoms with Gasteiger partial charge in [0.1, 0.15) is 24.5 Å². The summed E-state index contributed by atoms with van der Waals surface area (Å²) in [5, 5.41) is 13.0. The fraction of sp³-hybridized carbons (Fsp3) is 0.588. The fourth-order valence-corrected chi connectivity index (χ4v) is 3.21. The quantitative estimate of drug-likeness (QED) is 0.480. The van der Waals surface area contributed by atoms with E-state index in [2.05, 4.69) is 15.3 Å². The largest absolute Gasteiger partial charge is 0.463 e. The van der Waals surface area contributed by atoms with Crippen molar-refractivity contribution < 1.29 is 38.4 Å². The number of fused-ring (bicyclic) bond motifs is 1. The number of nitrogens with zero attached hydrogens (tertiary/aromatic N) is 3. The first-order chi connectivity index (χ1) is 13.8. The monoisotopic (exact) mass is 410 g/mol. The van der Waals surface area contributed by atoms with E-state index in [9.17, 15) is 19.5 Å². The molecule has 1 unspecified atom stereocenters. The second-order valence-corrected chi connectivity index (χ2v) is 6.56. The summed E-state index contributed by atoms with van der Waals surface area (Å²) in [7, 11) is 0. The molecule has 1 fully saturated rings. The summed E-state index contributed by atoms with van der Waals surface area (Å²) in [5.74, 6) is -1.49. The first kappa shape index (κ1) is 20.7. The van der Waals surface area contributed by atoms with Gasteiger partial charge in [-0.2, -0.15) is 0 Å². The molecule has 0 saturated carbocycles. The maximum atomic E-state index is 11.7. The zero-order chi connectivity index (χ0) is 21.1. The molecule has 0 amide bonds. The molecule has 2 aliphatic heterocycles. The number of carbonyl (C=O) groups excluding carboxylic acids is 3. The predicted molar refractivity (Wildman–Crippen MR) is 95.0 cm³/mol. The highest BCUT2D eigenvalue weighted by atomic mass is 16.7. The molecule has 1 aromatic rings. The van der Waals surface area contributed by atoms with E-state index in [1.54, 1.807) is 0 Å². The smallest absolute Gasteiger partial charge is 0.303 e. The van der Waals surface area contributed by atoms with Crippen molar-refractivity contribution in [2.45, 2.75) is 51.4 Å². The predicted octanol–water partition coefficient (Wildman–Crippen LogP) is -0.497. The van der Waals surface area contributed by atoms with Crippen LogP contribution in [0.2, 0.25) is 0 Å². The van der Waals surface area contributed by atoms with Gasteiger partial charge in [-0.15, -0.1) is 0 Å². The van der Waals surface area contributed by atoms with E-state index in [4.69, 9.17) is 18.9 Å². The minimum absolute atomic E-state index is 0.216. The average molecular weight is 410 g/mol. The number of aliphatic hydroxyl groups is 1. The van der Waals surface area contributed by atoms with Gasteiger partial charge in [-0.1, -0.05) is 0 Å². The van der Waals surface area contributed by atoms with Crippen molar-refractivity contribution in [1.82, 2.24) is 14.9 Å². The van der Waals surface area contributed by atoms with E-state index in [0.717, 1.165) is 0 Å². The van der Waals surface area contributed by atoms with Gasteiger partial charge in [0.15, 0.2) is 24.3 Å². The van der Waals surface area contributed by atoms with Gasteiger partial charge >= 0.3 is 17.9 Å². The number of rotatable bonds is 5. The van der Waals surface area contributed by atoms with Crippen LogP contribution in [-0.4, -0.2) is 70.4 Å². The van der Waals surface area contributed by atoms with Gasteiger partial charge in [0, 0.05) is 27.3 Å². The van der Waals surface area contributed by atoms with E-state index in [1.807, 2.05) is 0 Å². The molecule has 0 aromatic carbocycles. The Morgan fingerprint density at radius 3 is 2.55 bits per heavy atom. The minimum atomic E-state index is -1.06. The summed E-state index contributed by atoms with van der Waals surface area (Å²) in [6, 6.07) is 0. The minimum Gasteiger partial charge on any atom is -0.463 e. The molecule has 12 heteroatoms. The highest BCUT2D eigenvalue weighted by Gasteiger charge is 2.51. The second-order valence-electron chi connectivity index (χ2n) is 6.56. The maximum Gasteiger partial charge on any atom is 0.303 e. The van der Waals surface area contributed by atoms with Crippen LogP contribution in [0.15, 0.2) is 11.3 Å². The maximum absolute atomic E-state index is 11.7. The summed E-state index contributed by atoms with van der Waals surface area (Å²) in [6.07, 6.45) is -2.09. The average Bonchev–Trinajstić information content (AvgIpc) is 3.12. The van der Waals surface area contributed by atoms with Crippen molar-refractivity contribution in [1.29, 1.82) is 0 Å². The summed E-state index contributed by atoms with van der Waals surface area (Å²) in [4.78, 5) is 43.0. The Hall–Kier alpha value is -2.99. The lowest BCUT2D eigenvalue weighted by Gasteiger charge is -2.24. The number of aliphatic hydroxyl groups excluding tert-OH is 1. The van der Waals surface area contributed by atoms with Gasteiger partial charge in [0.2, 0.25) is 0 Å². The molecule has 1 aromatic heterocycles. The van der Waals surface area contributed by atoms with Crippen LogP contribution in [0.25, 0.3) is 0 Å². The molecule has 3 heterocycles. The lowest BCUT2D eigenvalue weighted by molar-refractivity contribution is -0.166. The van der Waals surface area contributed by atoms with Gasteiger partial charge in [-0.05, 0) is 0 Å². The van der Waals surface area contributed by atoms with Crippen molar-refractivity contribution in [3.63, 3.8) is 0 Å². The molecule has 0 radical (unpaired) electrons. The van der Waals surface area contributed by atoms with Crippen LogP contribution in [0.3, 0.4) is 0 Å². The Kier molecular flexibility index (Phi) is 6.13. The highest BCUT2D eigenvalue weighted by Crippen LogP contribution is 2.38. The zero-order valence-corrected chi connectivity index (χ0v) is 16.1. The fourth-order valence-electron chi connectivity index (χ4n) is 3.21. The first-order valence-corrected chi connectivity index (χ1v) is 8.92. The Morgan fingerprint density at radius 2 is 1.90 bits per heavy atom. The van der Waals surface area contributed by atoms with Gasteiger partial charge in [-0.3, -0.25) is 19.0 Å². The van der Waals surface area contributed by atoms with Crippen molar-refractivity contribution >= 4 is 30.1 Å². The van der Waals surface area contributed by atoms with E-state index in [1.165, 1.54) is 38.0 Å². The van der Waals surface area contributed by atoms with Crippen molar-refractivity contribution in [2.75, 3.05) is 13.2 Å². The van der Waals surface area contributed by atoms with Crippen molar-refractivity contribution in [3.05, 3.63) is 12.0 Å². The summed E-state index contributed by atoms with van der Waals surface area (Å²) >= 11 is 0. The molecule has 0 spiro atoms. The molecule has 2 aliphatic rings. The summed E-state index contributed by atoms with van der Waals surface area (Å²) in [5.41, 5.74) is 0.309. The molecule has 1 saturated heterocycles. The van der Waals surface area contributed by atoms with Crippen LogP contribution in [-0.2, 0) is 33.3 Å². The first-order valence-electron chi connectivity index (χ1n) is 8.92. The molecular formula is C17H22N4O8. The molecule has 5 atom stereocenters. The van der Waals surface area contributed by atoms with Crippen LogP contribution < -0.4 is 5.32 Å². The molecule has 3 rings (SSSR count). The molecule has 158 valence electrons. The normalized spacial score (nSPS) is 28.1. The third kappa shape index (κ3) is 4.54. The molecule has 0 aliphatic carbocycles. The van der Waals surface area contributed by atoms with Crippen LogP contribution in [0, 0.1) is 0 Å². The van der Waals surface area contributed by atoms with Gasteiger partial charge < -0.3 is 29.4 Å². The third-order valence-corrected chi connectivity index (χ3v) is 4.31. The number of esters is 3. The molecule has 29 heavy (non-hydrogen) atoms. The molecule has 0 bridgehead atoms. The van der Waals surface area contributed by atoms with E-state index in [0.29, 0.717) is 11.5 Å². The Bertz CT molecular complexity index is 822. The Balaban J connectivity index is 1.98. The van der Waals surface area contributed by atoms with Gasteiger partial charge in [0.25, 0.3) is 0 Å². The van der Waals surface area contributed by atoms with Crippen LogP contribution >= 0.6 is 0 Å². The second kappa shape index (κ2) is 8.57. The number of ether oxygens (including phenoxy) is 4. The van der Waals surface area contributed by atoms with Crippen LogP contribution in [0.5, 0.6) is 0 Å². The van der Waals surface area contributed by atoms with E-state index < -0.39 is 48.6 Å². The number of β-amino-alcohol motifs (C(OH)–C–C–N with tert-alkyl or cyclic N) is 1. The van der Waals surface area contributed by atoms with Crippen LogP contribution in [0.4, 0.5) is 5.82 Å². The van der Waals surface area contributed by atoms with E-state index in [-0.39, 0.29) is 13.2 Å². The lowest BCUT2D eigenvalue weighted by atomic mass is 10.1. The number of hydrogen-bond donors (Lipinski definition) is 2. The number of imidazole rings is 1. The zero-order valence-electron chi connectivity index (χ0n) is 16.1. The standard InChI is InChI=1S/C17H22N4O8/c1-8(22)26-5-12-14(27-9(2)23)15(28-10(3)24)17(29-12)21-7-20-13-11(25)4-18-6-19-16(13)21/h6-7,11-12,14-15,17,25H,4-5H2,1-3H3,(H,18,19)/t11?,12-,14-,15-,17-/m1/s1. The summed E-state index contributed by atoms with van der Waals surface area (Å²) in [6.45, 7) is 3.65. The number of nitrogens with one attached hydrogen (secondary N) is 1. The molecule has 12 nitrogen and oxygen atoms in total. The molecular weight excluding hydrogens is 388 g/mol. The summed E-state index contributed by atoms with van der Waals surface area (Å²) < 4.78 is 23.1. The van der Waals surface area contributed by atoms with Gasteiger partial charge in [-0.25, -0.2) is 9.98 Å². The van der Waals surface area contributed by atoms with Crippen molar-refractivity contribution in [2.24, 2.45) is 4.99 Å². The SMILES string of the molecule is CC(=O)OC[C@H]1O[C@@H](n2cnc3c2N=CNCC3O)[C@H](OC(C)=O)[C@@H]1OC(C)=O. The lowest BCUT2D eigenvalue weighted by Crippen LogP contribution is -2.40. The molecule has 2 N–H and O–H groups in total. The number of carbonyl (C=O) groups is 3. The Labute approximate surface area is 165 Å². The van der Waals surface area contributed by atoms with Crippen LogP contribution in [0.1, 0.15) is 38.8 Å². The van der Waals surface area contributed by atoms with Gasteiger partial charge in [0.05, 0.1) is 12.7 Å². The number of aliphatic imine (C=N–C) groups is 1. The third-order valence-electron chi connectivity index (χ3n) is 4.31. The topological polar surface area (TPSA) is 151 Å². The van der Waals surface area contributed by atoms with E-state index >= 15 is 0 Å².